The van der Waals surface area contributed by atoms with Crippen LogP contribution in [-0.2, 0) is 6.54 Å². The van der Waals surface area contributed by atoms with Crippen LogP contribution in [0.1, 0.15) is 31.3 Å². The highest BCUT2D eigenvalue weighted by Gasteiger charge is 2.24. The van der Waals surface area contributed by atoms with E-state index in [0.29, 0.717) is 12.4 Å². The second kappa shape index (κ2) is 6.44. The average molecular weight is 347 g/mol. The summed E-state index contributed by atoms with van der Waals surface area (Å²) in [6.45, 7) is -0.688. The van der Waals surface area contributed by atoms with E-state index in [4.69, 9.17) is 0 Å². The van der Waals surface area contributed by atoms with Gasteiger partial charge in [-0.25, -0.2) is 9.78 Å². The molecular weight excluding hydrogens is 328 g/mol. The van der Waals surface area contributed by atoms with Gasteiger partial charge in [-0.15, -0.1) is 0 Å². The maximum absolute atomic E-state index is 12.9. The van der Waals surface area contributed by atoms with Crippen LogP contribution in [0.25, 0.3) is 11.0 Å². The Balaban J connectivity index is 1.47. The number of H-pyrrole nitrogens is 1. The number of alkyl halides is 2. The monoisotopic (exact) mass is 347 g/mol. The normalized spacial score (nSPS) is 16.9. The fourth-order valence-electron chi connectivity index (χ4n) is 3.62. The summed E-state index contributed by atoms with van der Waals surface area (Å²) < 4.78 is 28.6. The first-order valence-electron chi connectivity index (χ1n) is 8.35. The number of hydrogen-bond acceptors (Lipinski definition) is 3. The van der Waals surface area contributed by atoms with Crippen molar-refractivity contribution in [3.8, 4) is 0 Å². The smallest absolute Gasteiger partial charge is 0.306 e. The molecule has 0 radical (unpaired) electrons. The summed E-state index contributed by atoms with van der Waals surface area (Å²) in [7, 11) is 0. The van der Waals surface area contributed by atoms with Gasteiger partial charge in [0.15, 0.2) is 0 Å². The number of para-hydroxylation sites is 2. The van der Waals surface area contributed by atoms with Gasteiger partial charge in [0.1, 0.15) is 5.82 Å². The van der Waals surface area contributed by atoms with Gasteiger partial charge in [0.25, 0.3) is 0 Å². The summed E-state index contributed by atoms with van der Waals surface area (Å²) in [5.41, 5.74) is 1.67. The summed E-state index contributed by atoms with van der Waals surface area (Å²) in [5, 5.41) is 0. The molecule has 1 saturated heterocycles. The van der Waals surface area contributed by atoms with Crippen LogP contribution in [0, 0.1) is 0 Å². The first kappa shape index (κ1) is 16.0. The first-order valence-corrected chi connectivity index (χ1v) is 8.35. The number of halogens is 2. The lowest BCUT2D eigenvalue weighted by molar-refractivity contribution is 0.0624. The zero-order valence-corrected chi connectivity index (χ0v) is 13.6. The second-order valence-corrected chi connectivity index (χ2v) is 6.35. The molecule has 0 spiro atoms. The fraction of sp³-hybridized carbons (Fsp3) is 0.412. The SMILES string of the molecule is O=c1[nH]c2ccccc2n1C1CCN(Cc2nccn2C(F)F)CC1. The quantitative estimate of drug-likeness (QED) is 0.789. The van der Waals surface area contributed by atoms with Gasteiger partial charge < -0.3 is 4.98 Å². The van der Waals surface area contributed by atoms with Gasteiger partial charge in [-0.3, -0.25) is 14.0 Å². The minimum absolute atomic E-state index is 0.0899. The third-order valence-corrected chi connectivity index (χ3v) is 4.87. The van der Waals surface area contributed by atoms with E-state index in [1.165, 1.54) is 12.4 Å². The molecule has 1 fully saturated rings. The third kappa shape index (κ3) is 2.97. The van der Waals surface area contributed by atoms with E-state index >= 15 is 0 Å². The van der Waals surface area contributed by atoms with Crippen molar-refractivity contribution in [1.29, 1.82) is 0 Å². The number of imidazole rings is 2. The van der Waals surface area contributed by atoms with Gasteiger partial charge in [0, 0.05) is 31.5 Å². The lowest BCUT2D eigenvalue weighted by atomic mass is 10.0. The van der Waals surface area contributed by atoms with Crippen molar-refractivity contribution in [1.82, 2.24) is 24.0 Å². The molecular formula is C17H19F2N5O. The van der Waals surface area contributed by atoms with Gasteiger partial charge in [0.05, 0.1) is 17.6 Å². The zero-order chi connectivity index (χ0) is 17.4. The Bertz CT molecular complexity index is 920. The van der Waals surface area contributed by atoms with E-state index < -0.39 is 6.55 Å². The second-order valence-electron chi connectivity index (χ2n) is 6.35. The number of hydrogen-bond donors (Lipinski definition) is 1. The van der Waals surface area contributed by atoms with Crippen molar-refractivity contribution in [2.75, 3.05) is 13.1 Å². The van der Waals surface area contributed by atoms with Crippen LogP contribution in [-0.4, -0.2) is 37.1 Å². The number of fused-ring (bicyclic) bond motifs is 1. The minimum Gasteiger partial charge on any atom is -0.306 e. The molecule has 1 aliphatic rings. The largest absolute Gasteiger partial charge is 0.326 e. The molecule has 0 atom stereocenters. The maximum Gasteiger partial charge on any atom is 0.326 e. The van der Waals surface area contributed by atoms with Crippen LogP contribution in [0.4, 0.5) is 8.78 Å². The van der Waals surface area contributed by atoms with Gasteiger partial charge in [0.2, 0.25) is 0 Å². The van der Waals surface area contributed by atoms with Gasteiger partial charge in [-0.1, -0.05) is 12.1 Å². The average Bonchev–Trinajstić information content (AvgIpc) is 3.19. The number of benzene rings is 1. The van der Waals surface area contributed by atoms with Crippen molar-refractivity contribution in [3.05, 3.63) is 53.0 Å². The maximum atomic E-state index is 12.9. The van der Waals surface area contributed by atoms with Crippen molar-refractivity contribution in [2.45, 2.75) is 32.0 Å². The highest BCUT2D eigenvalue weighted by atomic mass is 19.3. The van der Waals surface area contributed by atoms with Crippen LogP contribution < -0.4 is 5.69 Å². The summed E-state index contributed by atoms with van der Waals surface area (Å²) in [4.78, 5) is 21.3. The molecule has 2 aromatic heterocycles. The van der Waals surface area contributed by atoms with E-state index in [1.807, 2.05) is 28.8 Å². The highest BCUT2D eigenvalue weighted by molar-refractivity contribution is 5.75. The number of aromatic amines is 1. The lowest BCUT2D eigenvalue weighted by Gasteiger charge is -2.32. The molecule has 1 N–H and O–H groups in total. The van der Waals surface area contributed by atoms with Gasteiger partial charge in [-0.05, 0) is 25.0 Å². The molecule has 8 heteroatoms. The molecule has 25 heavy (non-hydrogen) atoms. The number of rotatable bonds is 4. The van der Waals surface area contributed by atoms with Crippen LogP contribution in [0.15, 0.2) is 41.5 Å². The Hall–Kier alpha value is -2.48. The molecule has 0 bridgehead atoms. The third-order valence-electron chi connectivity index (χ3n) is 4.87. The summed E-state index contributed by atoms with van der Waals surface area (Å²) in [6, 6.07) is 7.78. The van der Waals surface area contributed by atoms with E-state index in [1.54, 1.807) is 0 Å². The predicted molar refractivity (Wildman–Crippen MR) is 89.6 cm³/mol. The van der Waals surface area contributed by atoms with E-state index in [-0.39, 0.29) is 11.7 Å². The van der Waals surface area contributed by atoms with Crippen LogP contribution in [0.5, 0.6) is 0 Å². The van der Waals surface area contributed by atoms with Crippen LogP contribution >= 0.6 is 0 Å². The summed E-state index contributed by atoms with van der Waals surface area (Å²) in [6.07, 6.45) is 4.31. The van der Waals surface area contributed by atoms with Crippen molar-refractivity contribution in [2.24, 2.45) is 0 Å². The number of aromatic nitrogens is 4. The van der Waals surface area contributed by atoms with Crippen molar-refractivity contribution in [3.63, 3.8) is 0 Å². The Kier molecular flexibility index (Phi) is 4.12. The van der Waals surface area contributed by atoms with E-state index in [9.17, 15) is 13.6 Å². The topological polar surface area (TPSA) is 58.9 Å². The molecule has 3 aromatic rings. The molecule has 1 aromatic carbocycles. The standard InChI is InChI=1S/C17H19F2N5O/c18-16(19)23-10-7-20-15(23)11-22-8-5-12(6-9-22)24-14-4-2-1-3-13(14)21-17(24)25/h1-4,7,10,12,16H,5-6,8-9,11H2,(H,21,25). The van der Waals surface area contributed by atoms with Crippen molar-refractivity contribution >= 4 is 11.0 Å². The minimum atomic E-state index is -2.57. The number of nitrogens with zero attached hydrogens (tertiary/aromatic N) is 4. The lowest BCUT2D eigenvalue weighted by Crippen LogP contribution is -2.37. The molecule has 0 unspecified atom stereocenters. The fourth-order valence-corrected chi connectivity index (χ4v) is 3.62. The number of nitrogens with one attached hydrogen (secondary N) is 1. The Morgan fingerprint density at radius 3 is 2.76 bits per heavy atom. The molecule has 4 rings (SSSR count). The highest BCUT2D eigenvalue weighted by Crippen LogP contribution is 2.26. The van der Waals surface area contributed by atoms with E-state index in [0.717, 1.165) is 41.5 Å². The molecule has 6 nitrogen and oxygen atoms in total. The summed E-state index contributed by atoms with van der Waals surface area (Å²) >= 11 is 0. The van der Waals surface area contributed by atoms with Gasteiger partial charge in [-0.2, -0.15) is 8.78 Å². The molecule has 0 saturated carbocycles. The Morgan fingerprint density at radius 1 is 1.24 bits per heavy atom. The van der Waals surface area contributed by atoms with Crippen LogP contribution in [0.3, 0.4) is 0 Å². The van der Waals surface area contributed by atoms with Crippen LogP contribution in [0.2, 0.25) is 0 Å². The summed E-state index contributed by atoms with van der Waals surface area (Å²) in [5.74, 6) is 0.373. The Labute approximate surface area is 142 Å². The van der Waals surface area contributed by atoms with E-state index in [2.05, 4.69) is 14.9 Å². The molecule has 0 aliphatic carbocycles. The zero-order valence-electron chi connectivity index (χ0n) is 13.6. The number of piperidine rings is 1. The Morgan fingerprint density at radius 2 is 2.00 bits per heavy atom. The van der Waals surface area contributed by atoms with Crippen molar-refractivity contribution < 1.29 is 8.78 Å². The van der Waals surface area contributed by atoms with Gasteiger partial charge >= 0.3 is 12.2 Å². The predicted octanol–water partition coefficient (Wildman–Crippen LogP) is 2.76. The number of likely N-dealkylation sites (tertiary alicyclic amines) is 1. The first-order chi connectivity index (χ1) is 12.1. The molecule has 1 aliphatic heterocycles. The molecule has 132 valence electrons. The molecule has 3 heterocycles. The molecule has 0 amide bonds.